The standard InChI is InChI=1S/C17H16BrF2IN2O4/c1-8-4-9(21)2-3-13(8)22-16-11(5-12(18)14(19)15(16)20)17(26)23-27-7-10(25)6-24/h2-5,10,22,24-25H,6-7H2,1H3,(H,23,26). The van der Waals surface area contributed by atoms with Crippen LogP contribution in [0.3, 0.4) is 0 Å². The van der Waals surface area contributed by atoms with Gasteiger partial charge in [-0.15, -0.1) is 0 Å². The van der Waals surface area contributed by atoms with E-state index >= 15 is 0 Å². The number of hydroxylamine groups is 1. The van der Waals surface area contributed by atoms with E-state index < -0.39 is 30.3 Å². The van der Waals surface area contributed by atoms with Gasteiger partial charge in [0.05, 0.1) is 22.3 Å². The van der Waals surface area contributed by atoms with Crippen LogP contribution in [0.1, 0.15) is 15.9 Å². The molecule has 0 bridgehead atoms. The number of aryl methyl sites for hydroxylation is 1. The second kappa shape index (κ2) is 9.73. The number of hydrogen-bond acceptors (Lipinski definition) is 5. The number of anilines is 2. The number of benzene rings is 2. The van der Waals surface area contributed by atoms with E-state index in [9.17, 15) is 18.7 Å². The molecular weight excluding hydrogens is 541 g/mol. The summed E-state index contributed by atoms with van der Waals surface area (Å²) in [6.07, 6.45) is -1.19. The summed E-state index contributed by atoms with van der Waals surface area (Å²) >= 11 is 5.00. The van der Waals surface area contributed by atoms with Gasteiger partial charge >= 0.3 is 0 Å². The first-order valence-electron chi connectivity index (χ1n) is 7.66. The molecule has 4 N–H and O–H groups in total. The predicted molar refractivity (Wildman–Crippen MR) is 108 cm³/mol. The van der Waals surface area contributed by atoms with Gasteiger partial charge in [-0.1, -0.05) is 0 Å². The molecule has 0 saturated carbocycles. The molecule has 0 radical (unpaired) electrons. The van der Waals surface area contributed by atoms with Crippen molar-refractivity contribution in [2.45, 2.75) is 13.0 Å². The highest BCUT2D eigenvalue weighted by atomic mass is 127. The topological polar surface area (TPSA) is 90.8 Å². The number of aliphatic hydroxyl groups excluding tert-OH is 2. The Morgan fingerprint density at radius 1 is 1.33 bits per heavy atom. The lowest BCUT2D eigenvalue weighted by atomic mass is 10.1. The van der Waals surface area contributed by atoms with Gasteiger partial charge in [0.15, 0.2) is 11.6 Å². The van der Waals surface area contributed by atoms with Gasteiger partial charge in [-0.05, 0) is 75.3 Å². The van der Waals surface area contributed by atoms with E-state index in [0.29, 0.717) is 5.69 Å². The minimum atomic E-state index is -1.23. The van der Waals surface area contributed by atoms with Crippen LogP contribution in [0.4, 0.5) is 20.2 Å². The number of carbonyl (C=O) groups excluding carboxylic acids is 1. The summed E-state index contributed by atoms with van der Waals surface area (Å²) in [4.78, 5) is 17.1. The zero-order valence-electron chi connectivity index (χ0n) is 14.0. The number of nitrogens with one attached hydrogen (secondary N) is 2. The fourth-order valence-electron chi connectivity index (χ4n) is 2.11. The van der Waals surface area contributed by atoms with Crippen LogP contribution in [0, 0.1) is 22.1 Å². The van der Waals surface area contributed by atoms with Crippen LogP contribution in [0.2, 0.25) is 0 Å². The molecule has 2 aromatic rings. The molecule has 6 nitrogen and oxygen atoms in total. The summed E-state index contributed by atoms with van der Waals surface area (Å²) in [6, 6.07) is 6.42. The summed E-state index contributed by atoms with van der Waals surface area (Å²) in [5.74, 6) is -3.23. The van der Waals surface area contributed by atoms with Gasteiger partial charge in [0.1, 0.15) is 12.7 Å². The van der Waals surface area contributed by atoms with Gasteiger partial charge in [0, 0.05) is 9.26 Å². The number of hydrogen-bond donors (Lipinski definition) is 4. The Hall–Kier alpha value is -1.34. The first kappa shape index (κ1) is 22.0. The Labute approximate surface area is 176 Å². The van der Waals surface area contributed by atoms with E-state index in [4.69, 9.17) is 9.94 Å². The summed E-state index contributed by atoms with van der Waals surface area (Å²) in [5, 5.41) is 20.7. The minimum Gasteiger partial charge on any atom is -0.394 e. The van der Waals surface area contributed by atoms with Crippen LogP contribution in [-0.4, -0.2) is 35.4 Å². The van der Waals surface area contributed by atoms with E-state index in [0.717, 1.165) is 15.2 Å². The second-order valence-electron chi connectivity index (χ2n) is 5.57. The molecule has 0 fully saturated rings. The number of amides is 1. The smallest absolute Gasteiger partial charge is 0.277 e. The van der Waals surface area contributed by atoms with Crippen LogP contribution < -0.4 is 10.8 Å². The number of rotatable bonds is 7. The molecule has 2 aromatic carbocycles. The molecule has 2 rings (SSSR count). The first-order chi connectivity index (χ1) is 12.7. The second-order valence-corrected chi connectivity index (χ2v) is 7.67. The molecule has 10 heteroatoms. The molecule has 0 aromatic heterocycles. The normalized spacial score (nSPS) is 12.0. The van der Waals surface area contributed by atoms with Gasteiger partial charge in [0.25, 0.3) is 5.91 Å². The lowest BCUT2D eigenvalue weighted by molar-refractivity contribution is -0.0295. The van der Waals surface area contributed by atoms with E-state index in [-0.39, 0.29) is 22.3 Å². The lowest BCUT2D eigenvalue weighted by Gasteiger charge is -2.16. The van der Waals surface area contributed by atoms with Crippen LogP contribution >= 0.6 is 38.5 Å². The molecule has 1 unspecified atom stereocenters. The number of carbonyl (C=O) groups is 1. The molecule has 146 valence electrons. The van der Waals surface area contributed by atoms with Crippen LogP contribution in [-0.2, 0) is 4.84 Å². The lowest BCUT2D eigenvalue weighted by Crippen LogP contribution is -2.30. The average Bonchev–Trinajstić information content (AvgIpc) is 2.63. The molecule has 0 saturated heterocycles. The van der Waals surface area contributed by atoms with Crippen molar-refractivity contribution in [1.29, 1.82) is 0 Å². The van der Waals surface area contributed by atoms with Crippen molar-refractivity contribution in [3.05, 3.63) is 55.1 Å². The Balaban J connectivity index is 2.34. The summed E-state index contributed by atoms with van der Waals surface area (Å²) in [7, 11) is 0. The van der Waals surface area contributed by atoms with E-state index in [1.54, 1.807) is 19.1 Å². The van der Waals surface area contributed by atoms with Crippen molar-refractivity contribution < 1.29 is 28.6 Å². The van der Waals surface area contributed by atoms with Gasteiger partial charge in [-0.25, -0.2) is 14.3 Å². The summed E-state index contributed by atoms with van der Waals surface area (Å²) < 4.78 is 29.3. The minimum absolute atomic E-state index is 0.211. The average molecular weight is 557 g/mol. The third-order valence-electron chi connectivity index (χ3n) is 3.51. The number of halogens is 4. The van der Waals surface area contributed by atoms with Gasteiger partial charge in [-0.3, -0.25) is 9.63 Å². The summed E-state index contributed by atoms with van der Waals surface area (Å²) in [5.41, 5.74) is 2.74. The van der Waals surface area contributed by atoms with Gasteiger partial charge in [0.2, 0.25) is 0 Å². The largest absolute Gasteiger partial charge is 0.394 e. The van der Waals surface area contributed by atoms with Crippen LogP contribution in [0.15, 0.2) is 28.7 Å². The van der Waals surface area contributed by atoms with Gasteiger partial charge < -0.3 is 15.5 Å². The fourth-order valence-corrected chi connectivity index (χ4v) is 3.16. The molecule has 1 atom stereocenters. The third-order valence-corrected chi connectivity index (χ3v) is 4.75. The molecule has 0 aliphatic carbocycles. The highest BCUT2D eigenvalue weighted by molar-refractivity contribution is 14.1. The molecule has 0 aliphatic heterocycles. The van der Waals surface area contributed by atoms with Gasteiger partial charge in [-0.2, -0.15) is 0 Å². The SMILES string of the molecule is Cc1cc(I)ccc1Nc1c(C(=O)NOCC(O)CO)cc(Br)c(F)c1F. The van der Waals surface area contributed by atoms with Crippen molar-refractivity contribution in [3.8, 4) is 0 Å². The van der Waals surface area contributed by atoms with Crippen LogP contribution in [0.25, 0.3) is 0 Å². The van der Waals surface area contributed by atoms with Crippen molar-refractivity contribution in [2.75, 3.05) is 18.5 Å². The summed E-state index contributed by atoms with van der Waals surface area (Å²) in [6.45, 7) is 0.869. The first-order valence-corrected chi connectivity index (χ1v) is 9.53. The maximum Gasteiger partial charge on any atom is 0.277 e. The zero-order chi connectivity index (χ0) is 20.1. The molecule has 0 spiro atoms. The zero-order valence-corrected chi connectivity index (χ0v) is 17.8. The van der Waals surface area contributed by atoms with E-state index in [1.165, 1.54) is 0 Å². The highest BCUT2D eigenvalue weighted by Gasteiger charge is 2.23. The Kier molecular flexibility index (Phi) is 7.91. The highest BCUT2D eigenvalue weighted by Crippen LogP contribution is 2.32. The monoisotopic (exact) mass is 556 g/mol. The van der Waals surface area contributed by atoms with Crippen LogP contribution in [0.5, 0.6) is 0 Å². The van der Waals surface area contributed by atoms with Crippen molar-refractivity contribution in [1.82, 2.24) is 5.48 Å². The van der Waals surface area contributed by atoms with Crippen molar-refractivity contribution in [3.63, 3.8) is 0 Å². The molecule has 0 aliphatic rings. The molecule has 0 heterocycles. The van der Waals surface area contributed by atoms with E-state index in [1.807, 2.05) is 11.5 Å². The molecular formula is C17H16BrF2IN2O4. The maximum atomic E-state index is 14.5. The molecule has 1 amide bonds. The predicted octanol–water partition coefficient (Wildman–Crippen LogP) is 3.40. The number of aliphatic hydroxyl groups is 2. The third kappa shape index (κ3) is 5.57. The molecule has 27 heavy (non-hydrogen) atoms. The Morgan fingerprint density at radius 3 is 2.67 bits per heavy atom. The Bertz CT molecular complexity index is 854. The Morgan fingerprint density at radius 2 is 2.04 bits per heavy atom. The maximum absolute atomic E-state index is 14.5. The fraction of sp³-hybridized carbons (Fsp3) is 0.235. The quantitative estimate of drug-likeness (QED) is 0.238. The van der Waals surface area contributed by atoms with E-state index in [2.05, 4.69) is 43.8 Å². The van der Waals surface area contributed by atoms with Crippen molar-refractivity contribution >= 4 is 55.8 Å². The van der Waals surface area contributed by atoms with Crippen molar-refractivity contribution in [2.24, 2.45) is 0 Å².